The average molecular weight is 483 g/mol. The van der Waals surface area contributed by atoms with Crippen molar-refractivity contribution in [3.8, 4) is 22.4 Å². The van der Waals surface area contributed by atoms with E-state index in [4.69, 9.17) is 4.98 Å². The van der Waals surface area contributed by atoms with Crippen molar-refractivity contribution in [3.05, 3.63) is 102 Å². The fraction of sp³-hybridized carbons (Fsp3) is 0.233. The van der Waals surface area contributed by atoms with Gasteiger partial charge in [-0.25, -0.2) is 14.4 Å². The lowest BCUT2D eigenvalue weighted by Crippen LogP contribution is -2.31. The van der Waals surface area contributed by atoms with E-state index in [1.165, 1.54) is 12.1 Å². The van der Waals surface area contributed by atoms with E-state index in [0.717, 1.165) is 22.3 Å². The van der Waals surface area contributed by atoms with Crippen molar-refractivity contribution in [2.75, 3.05) is 25.5 Å². The van der Waals surface area contributed by atoms with Gasteiger partial charge in [-0.2, -0.15) is 0 Å². The maximum Gasteiger partial charge on any atom is 0.257 e. The minimum Gasteiger partial charge on any atom is -0.354 e. The van der Waals surface area contributed by atoms with Crippen LogP contribution in [0.4, 0.5) is 10.3 Å². The van der Waals surface area contributed by atoms with Gasteiger partial charge in [-0.3, -0.25) is 4.79 Å². The predicted molar refractivity (Wildman–Crippen MR) is 143 cm³/mol. The van der Waals surface area contributed by atoms with Crippen LogP contribution in [0.1, 0.15) is 29.8 Å². The molecule has 0 atom stereocenters. The van der Waals surface area contributed by atoms with Crippen LogP contribution in [0, 0.1) is 11.7 Å². The molecule has 5 nitrogen and oxygen atoms in total. The number of nitrogens with one attached hydrogen (secondary N) is 1. The van der Waals surface area contributed by atoms with E-state index >= 15 is 0 Å². The standard InChI is InChI=1S/C30H31FN4O/c1-21(2)20-35(3)29(36)27-19-33-30(32-17-16-22-8-7-11-26(31)18-22)34-28(27)25-14-12-24(13-15-25)23-9-5-4-6-10-23/h4-15,18-19,21H,16-17,20H2,1-3H3,(H,32,33,34). The molecular formula is C30H31FN4O. The summed E-state index contributed by atoms with van der Waals surface area (Å²) in [6.07, 6.45) is 2.22. The van der Waals surface area contributed by atoms with Crippen molar-refractivity contribution in [3.63, 3.8) is 0 Å². The van der Waals surface area contributed by atoms with Crippen LogP contribution in [0.5, 0.6) is 0 Å². The number of anilines is 1. The molecule has 6 heteroatoms. The number of rotatable bonds is 9. The molecule has 1 heterocycles. The second-order valence-corrected chi connectivity index (χ2v) is 9.29. The van der Waals surface area contributed by atoms with Crippen LogP contribution in [-0.2, 0) is 6.42 Å². The van der Waals surface area contributed by atoms with Gasteiger partial charge in [-0.05, 0) is 41.2 Å². The first-order valence-electron chi connectivity index (χ1n) is 12.2. The van der Waals surface area contributed by atoms with Crippen LogP contribution in [0.3, 0.4) is 0 Å². The van der Waals surface area contributed by atoms with Gasteiger partial charge in [-0.1, -0.05) is 80.6 Å². The highest BCUT2D eigenvalue weighted by Crippen LogP contribution is 2.27. The average Bonchev–Trinajstić information content (AvgIpc) is 2.88. The number of carbonyl (C=O) groups excluding carboxylic acids is 1. The largest absolute Gasteiger partial charge is 0.354 e. The van der Waals surface area contributed by atoms with Crippen LogP contribution in [0.25, 0.3) is 22.4 Å². The fourth-order valence-corrected chi connectivity index (χ4v) is 4.14. The van der Waals surface area contributed by atoms with Gasteiger partial charge in [0.2, 0.25) is 5.95 Å². The highest BCUT2D eigenvalue weighted by molar-refractivity contribution is 5.99. The molecular weight excluding hydrogens is 451 g/mol. The van der Waals surface area contributed by atoms with Crippen molar-refractivity contribution < 1.29 is 9.18 Å². The Balaban J connectivity index is 1.61. The minimum atomic E-state index is -0.252. The molecule has 1 N–H and O–H groups in total. The number of benzene rings is 3. The maximum absolute atomic E-state index is 13.5. The Labute approximate surface area is 212 Å². The molecule has 0 bridgehead atoms. The summed E-state index contributed by atoms with van der Waals surface area (Å²) >= 11 is 0. The van der Waals surface area contributed by atoms with Crippen molar-refractivity contribution in [2.24, 2.45) is 5.92 Å². The molecule has 0 radical (unpaired) electrons. The number of nitrogens with zero attached hydrogens (tertiary/aromatic N) is 3. The third kappa shape index (κ3) is 6.33. The summed E-state index contributed by atoms with van der Waals surface area (Å²) < 4.78 is 13.5. The molecule has 0 saturated heterocycles. The summed E-state index contributed by atoms with van der Waals surface area (Å²) in [4.78, 5) is 24.2. The summed E-state index contributed by atoms with van der Waals surface area (Å²) in [6, 6.07) is 24.7. The molecule has 4 aromatic rings. The highest BCUT2D eigenvalue weighted by Gasteiger charge is 2.20. The zero-order chi connectivity index (χ0) is 25.5. The van der Waals surface area contributed by atoms with Gasteiger partial charge in [-0.15, -0.1) is 0 Å². The molecule has 0 spiro atoms. The smallest absolute Gasteiger partial charge is 0.257 e. The summed E-state index contributed by atoms with van der Waals surface area (Å²) in [7, 11) is 1.80. The zero-order valence-electron chi connectivity index (χ0n) is 20.9. The molecule has 4 rings (SSSR count). The second-order valence-electron chi connectivity index (χ2n) is 9.29. The first kappa shape index (κ1) is 25.0. The van der Waals surface area contributed by atoms with Crippen molar-refractivity contribution in [1.29, 1.82) is 0 Å². The van der Waals surface area contributed by atoms with Gasteiger partial charge in [0.1, 0.15) is 5.82 Å². The van der Waals surface area contributed by atoms with Crippen molar-refractivity contribution in [2.45, 2.75) is 20.3 Å². The zero-order valence-corrected chi connectivity index (χ0v) is 20.9. The number of hydrogen-bond acceptors (Lipinski definition) is 4. The number of amides is 1. The number of halogens is 1. The van der Waals surface area contributed by atoms with Gasteiger partial charge < -0.3 is 10.2 Å². The summed E-state index contributed by atoms with van der Waals surface area (Å²) in [5, 5.41) is 3.22. The van der Waals surface area contributed by atoms with Gasteiger partial charge in [0, 0.05) is 31.9 Å². The van der Waals surface area contributed by atoms with Crippen LogP contribution >= 0.6 is 0 Å². The lowest BCUT2D eigenvalue weighted by Gasteiger charge is -2.21. The van der Waals surface area contributed by atoms with Gasteiger partial charge in [0.15, 0.2) is 0 Å². The van der Waals surface area contributed by atoms with E-state index in [1.54, 1.807) is 24.2 Å². The minimum absolute atomic E-state index is 0.114. The highest BCUT2D eigenvalue weighted by atomic mass is 19.1. The van der Waals surface area contributed by atoms with Crippen molar-refractivity contribution >= 4 is 11.9 Å². The van der Waals surface area contributed by atoms with Crippen LogP contribution in [0.2, 0.25) is 0 Å². The Morgan fingerprint density at radius 1 is 0.944 bits per heavy atom. The van der Waals surface area contributed by atoms with Gasteiger partial charge in [0.05, 0.1) is 11.3 Å². The Morgan fingerprint density at radius 2 is 1.64 bits per heavy atom. The molecule has 0 unspecified atom stereocenters. The Morgan fingerprint density at radius 3 is 2.33 bits per heavy atom. The van der Waals surface area contributed by atoms with Gasteiger partial charge >= 0.3 is 0 Å². The molecule has 0 aliphatic heterocycles. The molecule has 0 saturated carbocycles. The normalized spacial score (nSPS) is 10.9. The third-order valence-corrected chi connectivity index (χ3v) is 5.86. The topological polar surface area (TPSA) is 58.1 Å². The van der Waals surface area contributed by atoms with E-state index in [0.29, 0.717) is 42.6 Å². The molecule has 1 amide bonds. The second kappa shape index (κ2) is 11.6. The maximum atomic E-state index is 13.5. The SMILES string of the molecule is CC(C)CN(C)C(=O)c1cnc(NCCc2cccc(F)c2)nc1-c1ccc(-c2ccccc2)cc1. The van der Waals surface area contributed by atoms with E-state index in [-0.39, 0.29) is 11.7 Å². The molecule has 0 fully saturated rings. The van der Waals surface area contributed by atoms with Crippen LogP contribution in [0.15, 0.2) is 85.1 Å². The van der Waals surface area contributed by atoms with Crippen molar-refractivity contribution in [1.82, 2.24) is 14.9 Å². The summed E-state index contributed by atoms with van der Waals surface area (Å²) in [6.45, 7) is 5.33. The molecule has 36 heavy (non-hydrogen) atoms. The Hall–Kier alpha value is -4.06. The molecule has 1 aromatic heterocycles. The van der Waals surface area contributed by atoms with E-state index < -0.39 is 0 Å². The monoisotopic (exact) mass is 482 g/mol. The fourth-order valence-electron chi connectivity index (χ4n) is 4.14. The lowest BCUT2D eigenvalue weighted by molar-refractivity contribution is 0.0779. The van der Waals surface area contributed by atoms with Crippen LogP contribution in [-0.4, -0.2) is 40.9 Å². The Bertz CT molecular complexity index is 1310. The number of hydrogen-bond donors (Lipinski definition) is 1. The molecule has 3 aromatic carbocycles. The van der Waals surface area contributed by atoms with E-state index in [9.17, 15) is 9.18 Å². The number of aromatic nitrogens is 2. The number of carbonyl (C=O) groups is 1. The van der Waals surface area contributed by atoms with E-state index in [2.05, 4.69) is 36.3 Å². The third-order valence-electron chi connectivity index (χ3n) is 5.86. The first-order chi connectivity index (χ1) is 17.4. The molecule has 0 aliphatic carbocycles. The van der Waals surface area contributed by atoms with Gasteiger partial charge in [0.25, 0.3) is 5.91 Å². The summed E-state index contributed by atoms with van der Waals surface area (Å²) in [5.41, 5.74) is 4.98. The molecule has 0 aliphatic rings. The van der Waals surface area contributed by atoms with E-state index in [1.807, 2.05) is 48.5 Å². The van der Waals surface area contributed by atoms with Crippen LogP contribution < -0.4 is 5.32 Å². The lowest BCUT2D eigenvalue weighted by atomic mass is 10.0. The molecule has 184 valence electrons. The summed E-state index contributed by atoms with van der Waals surface area (Å²) in [5.74, 6) is 0.407. The predicted octanol–water partition coefficient (Wildman–Crippen LogP) is 6.33. The first-order valence-corrected chi connectivity index (χ1v) is 12.2. The quantitative estimate of drug-likeness (QED) is 0.303. The Kier molecular flexibility index (Phi) is 8.06.